The molecule has 0 heterocycles. The number of hydrogen-bond acceptors (Lipinski definition) is 4. The molecular weight excluding hydrogens is 206 g/mol. The average molecular weight is 223 g/mol. The molecule has 0 radical (unpaired) electrons. The van der Waals surface area contributed by atoms with Crippen molar-refractivity contribution in [3.05, 3.63) is 23.8 Å². The Bertz CT molecular complexity index is 363. The van der Waals surface area contributed by atoms with Gasteiger partial charge in [0.1, 0.15) is 0 Å². The molecule has 88 valence electrons. The van der Waals surface area contributed by atoms with Gasteiger partial charge in [-0.15, -0.1) is 0 Å². The third-order valence-corrected chi connectivity index (χ3v) is 2.93. The number of aliphatic hydroxyl groups is 1. The topological polar surface area (TPSA) is 72.7 Å². The van der Waals surface area contributed by atoms with Gasteiger partial charge < -0.3 is 20.6 Å². The van der Waals surface area contributed by atoms with E-state index in [2.05, 4.69) is 5.32 Å². The number of aromatic hydroxyl groups is 2. The summed E-state index contributed by atoms with van der Waals surface area (Å²) < 4.78 is 0. The summed E-state index contributed by atoms with van der Waals surface area (Å²) in [5.74, 6) is 0.253. The van der Waals surface area contributed by atoms with Crippen molar-refractivity contribution in [3.63, 3.8) is 0 Å². The third-order valence-electron chi connectivity index (χ3n) is 2.93. The van der Waals surface area contributed by atoms with Crippen LogP contribution in [0.4, 0.5) is 0 Å². The second-order valence-electron chi connectivity index (χ2n) is 4.32. The van der Waals surface area contributed by atoms with Crippen LogP contribution in [0.2, 0.25) is 0 Å². The van der Waals surface area contributed by atoms with Crippen molar-refractivity contribution in [1.82, 2.24) is 5.32 Å². The molecular formula is C12H17NO3. The highest BCUT2D eigenvalue weighted by Gasteiger charge is 2.29. The Labute approximate surface area is 94.5 Å². The van der Waals surface area contributed by atoms with E-state index in [0.717, 1.165) is 12.8 Å². The number of benzene rings is 1. The molecule has 1 aliphatic rings. The van der Waals surface area contributed by atoms with Gasteiger partial charge in [0, 0.05) is 18.7 Å². The van der Waals surface area contributed by atoms with E-state index in [1.807, 2.05) is 0 Å². The Morgan fingerprint density at radius 1 is 1.31 bits per heavy atom. The Hall–Kier alpha value is -1.26. The smallest absolute Gasteiger partial charge is 0.161 e. The molecule has 0 spiro atoms. The van der Waals surface area contributed by atoms with Gasteiger partial charge in [-0.05, 0) is 24.8 Å². The zero-order chi connectivity index (χ0) is 11.5. The normalized spacial score (nSPS) is 17.3. The van der Waals surface area contributed by atoms with Crippen LogP contribution >= 0.6 is 0 Å². The molecule has 0 amide bonds. The quantitative estimate of drug-likeness (QED) is 0.561. The predicted molar refractivity (Wildman–Crippen MR) is 60.2 cm³/mol. The second-order valence-corrected chi connectivity index (χ2v) is 4.32. The van der Waals surface area contributed by atoms with Crippen molar-refractivity contribution in [3.8, 4) is 11.5 Å². The molecule has 0 aromatic heterocycles. The molecule has 4 heteroatoms. The van der Waals surface area contributed by atoms with Gasteiger partial charge in [0.25, 0.3) is 0 Å². The maximum atomic E-state index is 9.62. The van der Waals surface area contributed by atoms with Gasteiger partial charge >= 0.3 is 0 Å². The summed E-state index contributed by atoms with van der Waals surface area (Å²) in [6, 6.07) is 4.87. The Kier molecular flexibility index (Phi) is 3.31. The van der Waals surface area contributed by atoms with Crippen LogP contribution in [-0.2, 0) is 6.54 Å². The molecule has 1 unspecified atom stereocenters. The average Bonchev–Trinajstić information content (AvgIpc) is 3.07. The number of hydrogen-bond donors (Lipinski definition) is 4. The van der Waals surface area contributed by atoms with Crippen LogP contribution in [-0.4, -0.2) is 28.0 Å². The van der Waals surface area contributed by atoms with E-state index in [9.17, 15) is 15.3 Å². The first kappa shape index (κ1) is 11.2. The van der Waals surface area contributed by atoms with Crippen molar-refractivity contribution in [2.75, 3.05) is 6.54 Å². The van der Waals surface area contributed by atoms with Crippen molar-refractivity contribution in [2.45, 2.75) is 25.5 Å². The van der Waals surface area contributed by atoms with E-state index in [1.54, 1.807) is 12.1 Å². The fourth-order valence-electron chi connectivity index (χ4n) is 1.72. The first-order valence-corrected chi connectivity index (χ1v) is 5.57. The van der Waals surface area contributed by atoms with Gasteiger partial charge in [-0.2, -0.15) is 0 Å². The lowest BCUT2D eigenvalue weighted by Crippen LogP contribution is -2.27. The first-order chi connectivity index (χ1) is 7.68. The SMILES string of the molecule is Oc1cccc(CNCC(O)C2CC2)c1O. The molecule has 1 aromatic carbocycles. The Morgan fingerprint density at radius 3 is 2.75 bits per heavy atom. The molecule has 0 bridgehead atoms. The summed E-state index contributed by atoms with van der Waals surface area (Å²) in [5, 5.41) is 31.5. The summed E-state index contributed by atoms with van der Waals surface area (Å²) in [7, 11) is 0. The molecule has 2 rings (SSSR count). The van der Waals surface area contributed by atoms with Gasteiger partial charge in [0.15, 0.2) is 11.5 Å². The number of para-hydroxylation sites is 1. The molecule has 4 N–H and O–H groups in total. The van der Waals surface area contributed by atoms with Crippen LogP contribution in [0.25, 0.3) is 0 Å². The molecule has 1 aliphatic carbocycles. The van der Waals surface area contributed by atoms with Gasteiger partial charge in [-0.3, -0.25) is 0 Å². The maximum Gasteiger partial charge on any atom is 0.161 e. The Morgan fingerprint density at radius 2 is 2.06 bits per heavy atom. The monoisotopic (exact) mass is 223 g/mol. The predicted octanol–water partition coefficient (Wildman–Crippen LogP) is 0.958. The molecule has 1 saturated carbocycles. The molecule has 16 heavy (non-hydrogen) atoms. The zero-order valence-electron chi connectivity index (χ0n) is 9.06. The summed E-state index contributed by atoms with van der Waals surface area (Å²) in [4.78, 5) is 0. The number of phenolic OH excluding ortho intramolecular Hbond substituents is 2. The van der Waals surface area contributed by atoms with Crippen molar-refractivity contribution in [1.29, 1.82) is 0 Å². The van der Waals surface area contributed by atoms with Gasteiger partial charge in [0.2, 0.25) is 0 Å². The van der Waals surface area contributed by atoms with Gasteiger partial charge in [-0.1, -0.05) is 12.1 Å². The largest absolute Gasteiger partial charge is 0.504 e. The van der Waals surface area contributed by atoms with Crippen molar-refractivity contribution >= 4 is 0 Å². The molecule has 0 saturated heterocycles. The standard InChI is InChI=1S/C12H17NO3/c14-10-3-1-2-9(12(10)16)6-13-7-11(15)8-4-5-8/h1-3,8,11,13-16H,4-7H2. The number of phenols is 2. The number of rotatable bonds is 5. The lowest BCUT2D eigenvalue weighted by Gasteiger charge is -2.11. The van der Waals surface area contributed by atoms with E-state index in [0.29, 0.717) is 24.6 Å². The summed E-state index contributed by atoms with van der Waals surface area (Å²) >= 11 is 0. The number of nitrogens with one attached hydrogen (secondary N) is 1. The van der Waals surface area contributed by atoms with Crippen LogP contribution in [0.3, 0.4) is 0 Å². The van der Waals surface area contributed by atoms with Crippen LogP contribution in [0.15, 0.2) is 18.2 Å². The van der Waals surface area contributed by atoms with E-state index in [1.165, 1.54) is 6.07 Å². The van der Waals surface area contributed by atoms with Crippen molar-refractivity contribution < 1.29 is 15.3 Å². The van der Waals surface area contributed by atoms with E-state index in [4.69, 9.17) is 0 Å². The minimum atomic E-state index is -0.292. The van der Waals surface area contributed by atoms with Crippen LogP contribution < -0.4 is 5.32 Å². The second kappa shape index (κ2) is 4.72. The van der Waals surface area contributed by atoms with E-state index >= 15 is 0 Å². The maximum absolute atomic E-state index is 9.62. The third kappa shape index (κ3) is 2.65. The van der Waals surface area contributed by atoms with Gasteiger partial charge in [0.05, 0.1) is 6.10 Å². The summed E-state index contributed by atoms with van der Waals surface area (Å²) in [5.41, 5.74) is 0.642. The summed E-state index contributed by atoms with van der Waals surface area (Å²) in [6.07, 6.45) is 1.93. The minimum Gasteiger partial charge on any atom is -0.504 e. The van der Waals surface area contributed by atoms with Crippen LogP contribution in [0.1, 0.15) is 18.4 Å². The van der Waals surface area contributed by atoms with Crippen molar-refractivity contribution in [2.24, 2.45) is 5.92 Å². The fourth-order valence-corrected chi connectivity index (χ4v) is 1.72. The highest BCUT2D eigenvalue weighted by Crippen LogP contribution is 2.32. The molecule has 1 fully saturated rings. The highest BCUT2D eigenvalue weighted by molar-refractivity contribution is 5.44. The highest BCUT2D eigenvalue weighted by atomic mass is 16.3. The molecule has 0 aliphatic heterocycles. The molecule has 1 atom stereocenters. The molecule has 1 aromatic rings. The van der Waals surface area contributed by atoms with Crippen LogP contribution in [0, 0.1) is 5.92 Å². The van der Waals surface area contributed by atoms with E-state index in [-0.39, 0.29) is 17.6 Å². The van der Waals surface area contributed by atoms with Crippen LogP contribution in [0.5, 0.6) is 11.5 Å². The zero-order valence-corrected chi connectivity index (χ0v) is 9.06. The lowest BCUT2D eigenvalue weighted by atomic mass is 10.1. The Balaban J connectivity index is 1.82. The molecule has 4 nitrogen and oxygen atoms in total. The number of aliphatic hydroxyl groups excluding tert-OH is 1. The lowest BCUT2D eigenvalue weighted by molar-refractivity contribution is 0.148. The van der Waals surface area contributed by atoms with Gasteiger partial charge in [-0.25, -0.2) is 0 Å². The van der Waals surface area contributed by atoms with E-state index < -0.39 is 0 Å². The first-order valence-electron chi connectivity index (χ1n) is 5.57. The fraction of sp³-hybridized carbons (Fsp3) is 0.500. The summed E-state index contributed by atoms with van der Waals surface area (Å²) in [6.45, 7) is 0.976. The minimum absolute atomic E-state index is 0.0871.